The number of hydrogen-bond donors (Lipinski definition) is 1. The first-order valence-corrected chi connectivity index (χ1v) is 7.87. The van der Waals surface area contributed by atoms with Crippen LogP contribution in [-0.4, -0.2) is 31.4 Å². The SMILES string of the molecule is CCCCCCC1COB(c2ccc(C(=O)O)c(F)c2)OC1. The van der Waals surface area contributed by atoms with Crippen LogP contribution in [0, 0.1) is 11.7 Å². The molecule has 120 valence electrons. The van der Waals surface area contributed by atoms with Gasteiger partial charge in [-0.2, -0.15) is 0 Å². The van der Waals surface area contributed by atoms with Crippen LogP contribution >= 0.6 is 0 Å². The lowest BCUT2D eigenvalue weighted by Crippen LogP contribution is -2.44. The fraction of sp³-hybridized carbons (Fsp3) is 0.562. The number of rotatable bonds is 7. The van der Waals surface area contributed by atoms with E-state index in [0.717, 1.165) is 6.42 Å². The third kappa shape index (κ3) is 4.55. The van der Waals surface area contributed by atoms with Gasteiger partial charge < -0.3 is 14.4 Å². The smallest absolute Gasteiger partial charge is 0.478 e. The second kappa shape index (κ2) is 8.29. The third-order valence-electron chi connectivity index (χ3n) is 3.93. The molecule has 0 saturated carbocycles. The maximum atomic E-state index is 13.7. The van der Waals surface area contributed by atoms with Gasteiger partial charge in [-0.05, 0) is 24.0 Å². The van der Waals surface area contributed by atoms with E-state index in [1.54, 1.807) is 6.07 Å². The van der Waals surface area contributed by atoms with Gasteiger partial charge in [-0.3, -0.25) is 0 Å². The molecule has 0 atom stereocenters. The molecule has 0 aromatic heterocycles. The monoisotopic (exact) mass is 308 g/mol. The third-order valence-corrected chi connectivity index (χ3v) is 3.93. The van der Waals surface area contributed by atoms with Crippen LogP contribution in [-0.2, 0) is 9.31 Å². The maximum absolute atomic E-state index is 13.7. The van der Waals surface area contributed by atoms with Crippen LogP contribution in [0.3, 0.4) is 0 Å². The molecule has 22 heavy (non-hydrogen) atoms. The lowest BCUT2D eigenvalue weighted by Gasteiger charge is -2.27. The molecule has 0 aliphatic carbocycles. The van der Waals surface area contributed by atoms with Crippen molar-refractivity contribution in [1.29, 1.82) is 0 Å². The van der Waals surface area contributed by atoms with E-state index < -0.39 is 18.9 Å². The van der Waals surface area contributed by atoms with E-state index >= 15 is 0 Å². The molecule has 2 rings (SSSR count). The van der Waals surface area contributed by atoms with Gasteiger partial charge in [0.1, 0.15) is 5.82 Å². The molecular formula is C16H22BFO4. The first kappa shape index (κ1) is 17.0. The minimum Gasteiger partial charge on any atom is -0.478 e. The zero-order valence-electron chi connectivity index (χ0n) is 12.9. The van der Waals surface area contributed by atoms with E-state index in [0.29, 0.717) is 24.6 Å². The molecule has 0 spiro atoms. The Bertz CT molecular complexity index is 501. The number of hydrogen-bond acceptors (Lipinski definition) is 3. The number of benzene rings is 1. The second-order valence-corrected chi connectivity index (χ2v) is 5.76. The molecule has 1 aromatic carbocycles. The first-order chi connectivity index (χ1) is 10.6. The molecule has 0 bridgehead atoms. The summed E-state index contributed by atoms with van der Waals surface area (Å²) < 4.78 is 25.0. The van der Waals surface area contributed by atoms with Crippen molar-refractivity contribution >= 4 is 18.6 Å². The van der Waals surface area contributed by atoms with E-state index in [1.807, 2.05) is 0 Å². The van der Waals surface area contributed by atoms with Crippen molar-refractivity contribution in [3.63, 3.8) is 0 Å². The zero-order chi connectivity index (χ0) is 15.9. The molecule has 1 saturated heterocycles. The van der Waals surface area contributed by atoms with Crippen molar-refractivity contribution in [1.82, 2.24) is 0 Å². The standard InChI is InChI=1S/C16H22BFO4/c1-2-3-4-5-6-12-10-21-17(22-11-12)13-7-8-14(16(19)20)15(18)9-13/h7-9,12H,2-6,10-11H2,1H3,(H,19,20). The lowest BCUT2D eigenvalue weighted by atomic mass is 9.77. The van der Waals surface area contributed by atoms with Gasteiger partial charge in [0.2, 0.25) is 0 Å². The van der Waals surface area contributed by atoms with E-state index in [2.05, 4.69) is 6.92 Å². The van der Waals surface area contributed by atoms with E-state index in [-0.39, 0.29) is 5.56 Å². The fourth-order valence-electron chi connectivity index (χ4n) is 2.61. The van der Waals surface area contributed by atoms with Crippen molar-refractivity contribution < 1.29 is 23.6 Å². The van der Waals surface area contributed by atoms with Gasteiger partial charge >= 0.3 is 13.1 Å². The van der Waals surface area contributed by atoms with Crippen molar-refractivity contribution in [3.05, 3.63) is 29.6 Å². The summed E-state index contributed by atoms with van der Waals surface area (Å²) in [6, 6.07) is 3.96. The first-order valence-electron chi connectivity index (χ1n) is 7.87. The predicted molar refractivity (Wildman–Crippen MR) is 82.9 cm³/mol. The number of aromatic carboxylic acids is 1. The number of carboxylic acid groups (broad SMARTS) is 1. The highest BCUT2D eigenvalue weighted by Gasteiger charge is 2.29. The highest BCUT2D eigenvalue weighted by atomic mass is 19.1. The van der Waals surface area contributed by atoms with Crippen LogP contribution in [0.5, 0.6) is 0 Å². The highest BCUT2D eigenvalue weighted by Crippen LogP contribution is 2.17. The van der Waals surface area contributed by atoms with Crippen molar-refractivity contribution in [2.24, 2.45) is 5.92 Å². The number of carboxylic acids is 1. The number of carbonyl (C=O) groups is 1. The van der Waals surface area contributed by atoms with Crippen LogP contribution in [0.2, 0.25) is 0 Å². The molecule has 4 nitrogen and oxygen atoms in total. The van der Waals surface area contributed by atoms with Crippen LogP contribution < -0.4 is 5.46 Å². The Morgan fingerprint density at radius 3 is 2.64 bits per heavy atom. The molecule has 1 heterocycles. The minimum absolute atomic E-state index is 0.339. The molecular weight excluding hydrogens is 286 g/mol. The summed E-state index contributed by atoms with van der Waals surface area (Å²) >= 11 is 0. The Hall–Kier alpha value is -1.40. The molecule has 1 aromatic rings. The maximum Gasteiger partial charge on any atom is 0.493 e. The van der Waals surface area contributed by atoms with Crippen molar-refractivity contribution in [2.45, 2.75) is 39.0 Å². The predicted octanol–water partition coefficient (Wildman–Crippen LogP) is 2.85. The topological polar surface area (TPSA) is 55.8 Å². The van der Waals surface area contributed by atoms with Gasteiger partial charge in [0, 0.05) is 19.1 Å². The quantitative estimate of drug-likeness (QED) is 0.621. The van der Waals surface area contributed by atoms with E-state index in [9.17, 15) is 9.18 Å². The lowest BCUT2D eigenvalue weighted by molar-refractivity contribution is 0.0691. The Labute approximate surface area is 130 Å². The molecule has 6 heteroatoms. The molecule has 0 radical (unpaired) electrons. The average Bonchev–Trinajstić information content (AvgIpc) is 2.52. The van der Waals surface area contributed by atoms with Gasteiger partial charge in [-0.25, -0.2) is 9.18 Å². The normalized spacial score (nSPS) is 16.0. The summed E-state index contributed by atoms with van der Waals surface area (Å²) in [5.74, 6) is -1.66. The summed E-state index contributed by atoms with van der Waals surface area (Å²) in [6.07, 6.45) is 5.97. The zero-order valence-corrected chi connectivity index (χ0v) is 12.9. The van der Waals surface area contributed by atoms with E-state index in [1.165, 1.54) is 37.8 Å². The summed E-state index contributed by atoms with van der Waals surface area (Å²) in [6.45, 7) is 3.38. The van der Waals surface area contributed by atoms with Crippen molar-refractivity contribution in [3.8, 4) is 0 Å². The molecule has 0 amide bonds. The highest BCUT2D eigenvalue weighted by molar-refractivity contribution is 6.61. The van der Waals surface area contributed by atoms with Crippen LogP contribution in [0.25, 0.3) is 0 Å². The Morgan fingerprint density at radius 1 is 1.32 bits per heavy atom. The Balaban J connectivity index is 1.84. The Kier molecular flexibility index (Phi) is 6.40. The van der Waals surface area contributed by atoms with Crippen LogP contribution in [0.1, 0.15) is 49.4 Å². The summed E-state index contributed by atoms with van der Waals surface area (Å²) in [5.41, 5.74) is 0.181. The molecule has 1 N–H and O–H groups in total. The van der Waals surface area contributed by atoms with Gasteiger partial charge in [0.15, 0.2) is 0 Å². The van der Waals surface area contributed by atoms with Crippen LogP contribution in [0.4, 0.5) is 4.39 Å². The molecule has 1 aliphatic heterocycles. The van der Waals surface area contributed by atoms with Gasteiger partial charge in [0.05, 0.1) is 5.56 Å². The largest absolute Gasteiger partial charge is 0.493 e. The molecule has 0 unspecified atom stereocenters. The van der Waals surface area contributed by atoms with Gasteiger partial charge in [-0.1, -0.05) is 38.7 Å². The number of unbranched alkanes of at least 4 members (excludes halogenated alkanes) is 3. The summed E-state index contributed by atoms with van der Waals surface area (Å²) in [5, 5.41) is 8.82. The fourth-order valence-corrected chi connectivity index (χ4v) is 2.61. The number of halogens is 1. The van der Waals surface area contributed by atoms with Gasteiger partial charge in [0.25, 0.3) is 0 Å². The average molecular weight is 308 g/mol. The van der Waals surface area contributed by atoms with E-state index in [4.69, 9.17) is 14.4 Å². The van der Waals surface area contributed by atoms with Crippen molar-refractivity contribution in [2.75, 3.05) is 13.2 Å². The Morgan fingerprint density at radius 2 is 2.05 bits per heavy atom. The molecule has 1 fully saturated rings. The summed E-state index contributed by atoms with van der Waals surface area (Å²) in [4.78, 5) is 10.8. The minimum atomic E-state index is -1.28. The summed E-state index contributed by atoms with van der Waals surface area (Å²) in [7, 11) is -0.607. The second-order valence-electron chi connectivity index (χ2n) is 5.76. The van der Waals surface area contributed by atoms with Crippen LogP contribution in [0.15, 0.2) is 18.2 Å². The molecule has 1 aliphatic rings. The van der Waals surface area contributed by atoms with Gasteiger partial charge in [-0.15, -0.1) is 0 Å².